The topological polar surface area (TPSA) is 74.4 Å². The van der Waals surface area contributed by atoms with E-state index in [2.05, 4.69) is 0 Å². The zero-order valence-corrected chi connectivity index (χ0v) is 11.1. The molecule has 0 aliphatic carbocycles. The van der Waals surface area contributed by atoms with Crippen LogP contribution < -0.4 is 10.3 Å². The quantitative estimate of drug-likeness (QED) is 0.465. The van der Waals surface area contributed by atoms with E-state index in [1.807, 2.05) is 0 Å². The number of ether oxygens (including phenoxy) is 1. The lowest BCUT2D eigenvalue weighted by Gasteiger charge is -2.07. The second kappa shape index (κ2) is 6.65. The summed E-state index contributed by atoms with van der Waals surface area (Å²) in [5, 5.41) is 10.6. The van der Waals surface area contributed by atoms with Gasteiger partial charge in [-0.15, -0.1) is 0 Å². The van der Waals surface area contributed by atoms with Crippen molar-refractivity contribution in [1.82, 2.24) is 4.57 Å². The summed E-state index contributed by atoms with van der Waals surface area (Å²) in [5.41, 5.74) is -0.434. The van der Waals surface area contributed by atoms with Gasteiger partial charge in [0.1, 0.15) is 11.6 Å². The number of halogens is 1. The molecule has 0 saturated carbocycles. The molecular weight excluding hydrogens is 279 g/mol. The van der Waals surface area contributed by atoms with Crippen molar-refractivity contribution in [2.75, 3.05) is 6.61 Å². The van der Waals surface area contributed by atoms with E-state index >= 15 is 0 Å². The van der Waals surface area contributed by atoms with Crippen LogP contribution in [-0.4, -0.2) is 16.1 Å². The van der Waals surface area contributed by atoms with Crippen LogP contribution in [0, 0.1) is 15.9 Å². The minimum absolute atomic E-state index is 0.131. The zero-order chi connectivity index (χ0) is 15.2. The molecular formula is C14H13FN2O4. The highest BCUT2D eigenvalue weighted by Gasteiger charge is 2.07. The molecule has 0 radical (unpaired) electrons. The number of hydrogen-bond donors (Lipinski definition) is 0. The molecule has 1 heterocycles. The first-order valence-corrected chi connectivity index (χ1v) is 6.29. The molecule has 0 amide bonds. The van der Waals surface area contributed by atoms with Crippen molar-refractivity contribution >= 4 is 5.69 Å². The summed E-state index contributed by atoms with van der Waals surface area (Å²) in [7, 11) is 0. The highest BCUT2D eigenvalue weighted by molar-refractivity contribution is 5.24. The predicted molar refractivity (Wildman–Crippen MR) is 73.9 cm³/mol. The number of aromatic nitrogens is 1. The van der Waals surface area contributed by atoms with Gasteiger partial charge in [0, 0.05) is 18.7 Å². The van der Waals surface area contributed by atoms with E-state index < -0.39 is 4.92 Å². The number of benzene rings is 1. The lowest BCUT2D eigenvalue weighted by molar-refractivity contribution is -0.385. The molecule has 21 heavy (non-hydrogen) atoms. The van der Waals surface area contributed by atoms with E-state index in [9.17, 15) is 19.3 Å². The molecule has 1 aromatic carbocycles. The SMILES string of the molecule is O=c1ccc([N+](=O)[O-])cn1CCCOc1ccc(F)cc1. The van der Waals surface area contributed by atoms with Crippen molar-refractivity contribution in [2.24, 2.45) is 0 Å². The van der Waals surface area contributed by atoms with Crippen molar-refractivity contribution in [2.45, 2.75) is 13.0 Å². The molecule has 2 rings (SSSR count). The molecule has 0 bridgehead atoms. The first-order valence-electron chi connectivity index (χ1n) is 6.29. The number of pyridine rings is 1. The Morgan fingerprint density at radius 1 is 1.19 bits per heavy atom. The molecule has 0 aliphatic heterocycles. The Morgan fingerprint density at radius 3 is 2.57 bits per heavy atom. The van der Waals surface area contributed by atoms with Crippen LogP contribution >= 0.6 is 0 Å². The number of aryl methyl sites for hydroxylation is 1. The Labute approximate surface area is 119 Å². The summed E-state index contributed by atoms with van der Waals surface area (Å²) in [6.07, 6.45) is 1.71. The van der Waals surface area contributed by atoms with Crippen LogP contribution in [-0.2, 0) is 6.54 Å². The van der Waals surface area contributed by atoms with Crippen LogP contribution in [0.1, 0.15) is 6.42 Å². The number of rotatable bonds is 6. The largest absolute Gasteiger partial charge is 0.494 e. The molecule has 0 atom stereocenters. The zero-order valence-electron chi connectivity index (χ0n) is 11.1. The van der Waals surface area contributed by atoms with Gasteiger partial charge in [-0.1, -0.05) is 0 Å². The summed E-state index contributed by atoms with van der Waals surface area (Å²) in [6.45, 7) is 0.627. The number of nitro groups is 1. The van der Waals surface area contributed by atoms with Crippen LogP contribution in [0.5, 0.6) is 5.75 Å². The third-order valence-electron chi connectivity index (χ3n) is 2.80. The highest BCUT2D eigenvalue weighted by Crippen LogP contribution is 2.11. The minimum atomic E-state index is -0.551. The Hall–Kier alpha value is -2.70. The standard InChI is InChI=1S/C14H13FN2O4/c15-11-2-5-13(6-3-11)21-9-1-8-16-10-12(17(19)20)4-7-14(16)18/h2-7,10H,1,8-9H2. The van der Waals surface area contributed by atoms with E-state index in [1.54, 1.807) is 0 Å². The average molecular weight is 292 g/mol. The smallest absolute Gasteiger partial charge is 0.285 e. The monoisotopic (exact) mass is 292 g/mol. The Bertz CT molecular complexity index is 682. The van der Waals surface area contributed by atoms with Crippen LogP contribution in [0.25, 0.3) is 0 Å². The molecule has 6 nitrogen and oxygen atoms in total. The maximum Gasteiger partial charge on any atom is 0.285 e. The highest BCUT2D eigenvalue weighted by atomic mass is 19.1. The predicted octanol–water partition coefficient (Wildman–Crippen LogP) is 2.36. The van der Waals surface area contributed by atoms with Crippen LogP contribution in [0.15, 0.2) is 47.4 Å². The fourth-order valence-electron chi connectivity index (χ4n) is 1.76. The maximum absolute atomic E-state index is 12.7. The maximum atomic E-state index is 12.7. The van der Waals surface area contributed by atoms with E-state index in [-0.39, 0.29) is 17.1 Å². The van der Waals surface area contributed by atoms with E-state index in [1.165, 1.54) is 47.2 Å². The summed E-state index contributed by atoms with van der Waals surface area (Å²) in [5.74, 6) is 0.188. The van der Waals surface area contributed by atoms with Gasteiger partial charge in [0.2, 0.25) is 0 Å². The van der Waals surface area contributed by atoms with Crippen molar-refractivity contribution in [3.05, 3.63) is 68.9 Å². The van der Waals surface area contributed by atoms with Gasteiger partial charge in [-0.2, -0.15) is 0 Å². The molecule has 0 saturated heterocycles. The van der Waals surface area contributed by atoms with Gasteiger partial charge in [-0.25, -0.2) is 4.39 Å². The van der Waals surface area contributed by atoms with Gasteiger partial charge < -0.3 is 9.30 Å². The molecule has 0 unspecified atom stereocenters. The summed E-state index contributed by atoms with van der Waals surface area (Å²) >= 11 is 0. The molecule has 7 heteroatoms. The van der Waals surface area contributed by atoms with Crippen LogP contribution in [0.4, 0.5) is 10.1 Å². The fraction of sp³-hybridized carbons (Fsp3) is 0.214. The van der Waals surface area contributed by atoms with Crippen molar-refractivity contribution in [1.29, 1.82) is 0 Å². The normalized spacial score (nSPS) is 10.3. The number of hydrogen-bond acceptors (Lipinski definition) is 4. The van der Waals surface area contributed by atoms with Gasteiger partial charge in [-0.3, -0.25) is 14.9 Å². The lowest BCUT2D eigenvalue weighted by Crippen LogP contribution is -2.20. The summed E-state index contributed by atoms with van der Waals surface area (Å²) in [4.78, 5) is 21.6. The van der Waals surface area contributed by atoms with Gasteiger partial charge in [-0.05, 0) is 30.7 Å². The van der Waals surface area contributed by atoms with Crippen molar-refractivity contribution in [3.63, 3.8) is 0 Å². The Kier molecular flexibility index (Phi) is 4.65. The minimum Gasteiger partial charge on any atom is -0.494 e. The molecule has 0 fully saturated rings. The lowest BCUT2D eigenvalue weighted by atomic mass is 10.3. The van der Waals surface area contributed by atoms with Crippen molar-refractivity contribution in [3.8, 4) is 5.75 Å². The second-order valence-corrected chi connectivity index (χ2v) is 4.33. The van der Waals surface area contributed by atoms with E-state index in [4.69, 9.17) is 4.74 Å². The summed E-state index contributed by atoms with van der Waals surface area (Å²) < 4.78 is 19.3. The van der Waals surface area contributed by atoms with Gasteiger partial charge in [0.25, 0.3) is 11.2 Å². The fourth-order valence-corrected chi connectivity index (χ4v) is 1.76. The Morgan fingerprint density at radius 2 is 1.90 bits per heavy atom. The van der Waals surface area contributed by atoms with Crippen LogP contribution in [0.3, 0.4) is 0 Å². The first kappa shape index (κ1) is 14.7. The van der Waals surface area contributed by atoms with Gasteiger partial charge in [0.05, 0.1) is 17.7 Å². The Balaban J connectivity index is 1.88. The molecule has 0 spiro atoms. The second-order valence-electron chi connectivity index (χ2n) is 4.33. The molecule has 110 valence electrons. The van der Waals surface area contributed by atoms with Crippen molar-refractivity contribution < 1.29 is 14.1 Å². The van der Waals surface area contributed by atoms with E-state index in [0.29, 0.717) is 25.3 Å². The van der Waals surface area contributed by atoms with E-state index in [0.717, 1.165) is 0 Å². The third kappa shape index (κ3) is 4.13. The molecule has 0 N–H and O–H groups in total. The molecule has 1 aromatic heterocycles. The van der Waals surface area contributed by atoms with Gasteiger partial charge >= 0.3 is 0 Å². The number of nitrogens with zero attached hydrogens (tertiary/aromatic N) is 2. The van der Waals surface area contributed by atoms with Gasteiger partial charge in [0.15, 0.2) is 0 Å². The first-order chi connectivity index (χ1) is 10.1. The summed E-state index contributed by atoms with van der Waals surface area (Å²) in [6, 6.07) is 7.94. The van der Waals surface area contributed by atoms with Crippen LogP contribution in [0.2, 0.25) is 0 Å². The molecule has 2 aromatic rings. The molecule has 0 aliphatic rings. The third-order valence-corrected chi connectivity index (χ3v) is 2.80. The average Bonchev–Trinajstić information content (AvgIpc) is 2.47.